The quantitative estimate of drug-likeness (QED) is 0.575. The molecular weight excluding hydrogens is 345 g/mol. The van der Waals surface area contributed by atoms with Crippen molar-refractivity contribution in [3.8, 4) is 0 Å². The molecule has 1 aliphatic heterocycles. The number of rotatable bonds is 1. The summed E-state index contributed by atoms with van der Waals surface area (Å²) in [5.74, 6) is -1.51. The Morgan fingerprint density at radius 2 is 1.56 bits per heavy atom. The van der Waals surface area contributed by atoms with Gasteiger partial charge in [-0.2, -0.15) is 0 Å². The molecule has 0 bridgehead atoms. The summed E-state index contributed by atoms with van der Waals surface area (Å²) in [6, 6.07) is 5.68. The first-order valence-corrected chi connectivity index (χ1v) is 6.27. The number of benzene rings is 1. The number of anilines is 1. The molecule has 2 atom stereocenters. The van der Waals surface area contributed by atoms with Gasteiger partial charge in [0.05, 0.1) is 5.69 Å². The van der Waals surface area contributed by atoms with Crippen molar-refractivity contribution < 1.29 is 14.0 Å². The van der Waals surface area contributed by atoms with Gasteiger partial charge >= 0.3 is 0 Å². The average Bonchev–Trinajstić information content (AvgIpc) is 2.45. The molecule has 0 N–H and O–H groups in total. The molecule has 2 amide bonds. The third-order valence-corrected chi connectivity index (χ3v) is 4.81. The fraction of sp³-hybridized carbons (Fsp3) is 0.200. The van der Waals surface area contributed by atoms with Crippen molar-refractivity contribution in [2.75, 3.05) is 4.90 Å². The van der Waals surface area contributed by atoms with Crippen molar-refractivity contribution in [3.63, 3.8) is 0 Å². The fourth-order valence-corrected chi connectivity index (χ4v) is 2.34. The van der Waals surface area contributed by atoms with E-state index in [1.807, 2.05) is 0 Å². The molecule has 1 saturated heterocycles. The van der Waals surface area contributed by atoms with Crippen molar-refractivity contribution in [3.05, 3.63) is 30.1 Å². The molecule has 0 aliphatic carbocycles. The van der Waals surface area contributed by atoms with E-state index < -0.39 is 27.3 Å². The van der Waals surface area contributed by atoms with Crippen LogP contribution < -0.4 is 4.90 Å². The van der Waals surface area contributed by atoms with E-state index in [0.717, 1.165) is 4.90 Å². The number of carbonyl (C=O) groups excluding carboxylic acids is 2. The zero-order chi connectivity index (χ0) is 11.9. The lowest BCUT2D eigenvalue weighted by molar-refractivity contribution is -0.121. The molecule has 2 rings (SSSR count). The van der Waals surface area contributed by atoms with Gasteiger partial charge in [-0.05, 0) is 12.1 Å². The van der Waals surface area contributed by atoms with Crippen molar-refractivity contribution in [2.24, 2.45) is 0 Å². The highest BCUT2D eigenvalue weighted by Gasteiger charge is 2.46. The van der Waals surface area contributed by atoms with Gasteiger partial charge < -0.3 is 0 Å². The minimum atomic E-state index is -0.653. The minimum Gasteiger partial charge on any atom is -0.273 e. The van der Waals surface area contributed by atoms with E-state index in [1.165, 1.54) is 18.2 Å². The van der Waals surface area contributed by atoms with Gasteiger partial charge in [0.15, 0.2) is 0 Å². The molecule has 0 saturated carbocycles. The number of carbonyl (C=O) groups is 2. The minimum absolute atomic E-state index is 0.0103. The number of hydrogen-bond donors (Lipinski definition) is 0. The van der Waals surface area contributed by atoms with Crippen molar-refractivity contribution in [2.45, 2.75) is 9.65 Å². The summed E-state index contributed by atoms with van der Waals surface area (Å²) in [4.78, 5) is 23.0. The Balaban J connectivity index is 2.47. The fourth-order valence-electron chi connectivity index (χ4n) is 1.48. The first-order valence-electron chi connectivity index (χ1n) is 4.44. The summed E-state index contributed by atoms with van der Waals surface area (Å²) in [7, 11) is 0. The topological polar surface area (TPSA) is 37.4 Å². The summed E-state index contributed by atoms with van der Waals surface area (Å²) >= 11 is 6.18. The van der Waals surface area contributed by atoms with E-state index in [-0.39, 0.29) is 5.69 Å². The largest absolute Gasteiger partial charge is 0.273 e. The van der Waals surface area contributed by atoms with Gasteiger partial charge in [0.2, 0.25) is 11.8 Å². The van der Waals surface area contributed by atoms with Gasteiger partial charge in [-0.3, -0.25) is 9.59 Å². The van der Waals surface area contributed by atoms with Crippen LogP contribution in [0, 0.1) is 5.82 Å². The van der Waals surface area contributed by atoms with Gasteiger partial charge in [-0.25, -0.2) is 9.29 Å². The number of alkyl halides is 2. The second kappa shape index (κ2) is 4.25. The molecule has 1 heterocycles. The third kappa shape index (κ3) is 1.69. The summed E-state index contributed by atoms with van der Waals surface area (Å²) in [6.07, 6.45) is 0. The molecule has 3 nitrogen and oxygen atoms in total. The van der Waals surface area contributed by atoms with E-state index in [9.17, 15) is 14.0 Å². The van der Waals surface area contributed by atoms with E-state index in [0.29, 0.717) is 0 Å². The molecule has 1 aliphatic rings. The number of halogens is 3. The SMILES string of the molecule is O=C1[C@@H](Br)[C@@H](Br)C(=O)N1c1ccccc1F. The van der Waals surface area contributed by atoms with E-state index >= 15 is 0 Å². The zero-order valence-electron chi connectivity index (χ0n) is 7.86. The van der Waals surface area contributed by atoms with Crippen LogP contribution in [0.5, 0.6) is 0 Å². The van der Waals surface area contributed by atoms with E-state index in [4.69, 9.17) is 0 Å². The molecule has 0 radical (unpaired) electrons. The first-order chi connectivity index (χ1) is 7.54. The second-order valence-electron chi connectivity index (χ2n) is 3.27. The lowest BCUT2D eigenvalue weighted by atomic mass is 10.3. The van der Waals surface area contributed by atoms with Crippen LogP contribution in [0.25, 0.3) is 0 Å². The highest BCUT2D eigenvalue weighted by molar-refractivity contribution is 9.12. The molecule has 0 spiro atoms. The third-order valence-electron chi connectivity index (χ3n) is 2.26. The normalized spacial score (nSPS) is 25.3. The van der Waals surface area contributed by atoms with Crippen LogP contribution in [0.3, 0.4) is 0 Å². The standard InChI is InChI=1S/C10H6Br2FNO2/c11-7-8(12)10(16)14(9(7)15)6-4-2-1-3-5(6)13/h1-4,7-8H/t7-,8+. The van der Waals surface area contributed by atoms with Crippen LogP contribution in [0.1, 0.15) is 0 Å². The highest BCUT2D eigenvalue weighted by atomic mass is 79.9. The Labute approximate surface area is 108 Å². The monoisotopic (exact) mass is 349 g/mol. The smallest absolute Gasteiger partial charge is 0.249 e. The highest BCUT2D eigenvalue weighted by Crippen LogP contribution is 2.32. The summed E-state index contributed by atoms with van der Waals surface area (Å²) in [5.41, 5.74) is -0.0103. The molecule has 1 fully saturated rings. The van der Waals surface area contributed by atoms with E-state index in [1.54, 1.807) is 6.07 Å². The maximum absolute atomic E-state index is 13.5. The number of imide groups is 1. The van der Waals surface area contributed by atoms with Gasteiger partial charge in [-0.1, -0.05) is 44.0 Å². The number of nitrogens with zero attached hydrogens (tertiary/aromatic N) is 1. The summed E-state index contributed by atoms with van der Waals surface area (Å²) in [5, 5.41) is 0. The summed E-state index contributed by atoms with van der Waals surface area (Å²) < 4.78 is 13.5. The van der Waals surface area contributed by atoms with E-state index in [2.05, 4.69) is 31.9 Å². The van der Waals surface area contributed by atoms with Gasteiger partial charge in [-0.15, -0.1) is 0 Å². The Hall–Kier alpha value is -0.750. The predicted octanol–water partition coefficient (Wildman–Crippen LogP) is 2.23. The molecule has 1 aromatic rings. The van der Waals surface area contributed by atoms with Gasteiger partial charge in [0.25, 0.3) is 0 Å². The van der Waals surface area contributed by atoms with Crippen molar-refractivity contribution in [1.29, 1.82) is 0 Å². The molecule has 16 heavy (non-hydrogen) atoms. The van der Waals surface area contributed by atoms with Crippen LogP contribution in [-0.4, -0.2) is 21.5 Å². The number of hydrogen-bond acceptors (Lipinski definition) is 2. The van der Waals surface area contributed by atoms with Crippen LogP contribution in [0.4, 0.5) is 10.1 Å². The predicted molar refractivity (Wildman–Crippen MR) is 64.3 cm³/mol. The average molecular weight is 351 g/mol. The Morgan fingerprint density at radius 3 is 2.06 bits per heavy atom. The molecule has 0 unspecified atom stereocenters. The van der Waals surface area contributed by atoms with Crippen LogP contribution >= 0.6 is 31.9 Å². The number of amides is 2. The second-order valence-corrected chi connectivity index (χ2v) is 5.24. The lowest BCUT2D eigenvalue weighted by Gasteiger charge is -2.14. The maximum atomic E-state index is 13.5. The lowest BCUT2D eigenvalue weighted by Crippen LogP contribution is -2.31. The molecule has 6 heteroatoms. The Bertz CT molecular complexity index is 446. The van der Waals surface area contributed by atoms with Crippen LogP contribution in [0.15, 0.2) is 24.3 Å². The molecule has 1 aromatic carbocycles. The van der Waals surface area contributed by atoms with Gasteiger partial charge in [0, 0.05) is 0 Å². The maximum Gasteiger partial charge on any atom is 0.249 e. The van der Waals surface area contributed by atoms with Crippen molar-refractivity contribution >= 4 is 49.4 Å². The van der Waals surface area contributed by atoms with Crippen LogP contribution in [0.2, 0.25) is 0 Å². The Kier molecular flexibility index (Phi) is 3.12. The molecule has 84 valence electrons. The van der Waals surface area contributed by atoms with Gasteiger partial charge in [0.1, 0.15) is 15.5 Å². The Morgan fingerprint density at radius 1 is 1.06 bits per heavy atom. The zero-order valence-corrected chi connectivity index (χ0v) is 11.0. The molecular formula is C10H6Br2FNO2. The molecule has 0 aromatic heterocycles. The number of para-hydroxylation sites is 1. The summed E-state index contributed by atoms with van der Waals surface area (Å²) in [6.45, 7) is 0. The van der Waals surface area contributed by atoms with Crippen LogP contribution in [-0.2, 0) is 9.59 Å². The van der Waals surface area contributed by atoms with Crippen molar-refractivity contribution in [1.82, 2.24) is 0 Å². The first kappa shape index (κ1) is 11.7.